The van der Waals surface area contributed by atoms with Gasteiger partial charge in [-0.2, -0.15) is 0 Å². The molecule has 0 heterocycles. The van der Waals surface area contributed by atoms with Crippen LogP contribution in [-0.4, -0.2) is 11.2 Å². The molecule has 2 rings (SSSR count). The van der Waals surface area contributed by atoms with Crippen molar-refractivity contribution >= 4 is 0 Å². The molecule has 1 heteroatoms. The third-order valence-electron chi connectivity index (χ3n) is 8.14. The molecule has 0 spiro atoms. The van der Waals surface area contributed by atoms with E-state index in [9.17, 15) is 5.11 Å². The lowest BCUT2D eigenvalue weighted by Crippen LogP contribution is -2.27. The van der Waals surface area contributed by atoms with E-state index in [4.69, 9.17) is 0 Å². The van der Waals surface area contributed by atoms with Crippen molar-refractivity contribution in [1.29, 1.82) is 0 Å². The number of allylic oxidation sites excluding steroid dienone is 23. The van der Waals surface area contributed by atoms with Crippen molar-refractivity contribution in [1.82, 2.24) is 0 Å². The van der Waals surface area contributed by atoms with Crippen LogP contribution in [0.1, 0.15) is 88.5 Å². The van der Waals surface area contributed by atoms with E-state index in [0.717, 1.165) is 24.8 Å². The van der Waals surface area contributed by atoms with Gasteiger partial charge in [-0.25, -0.2) is 0 Å². The van der Waals surface area contributed by atoms with Crippen LogP contribution >= 0.6 is 0 Å². The van der Waals surface area contributed by atoms with Gasteiger partial charge in [-0.15, -0.1) is 0 Å². The van der Waals surface area contributed by atoms with E-state index >= 15 is 0 Å². The summed E-state index contributed by atoms with van der Waals surface area (Å²) in [7, 11) is 0. The van der Waals surface area contributed by atoms with Crippen LogP contribution in [0.3, 0.4) is 0 Å². The predicted molar refractivity (Wildman–Crippen MR) is 183 cm³/mol. The zero-order chi connectivity index (χ0) is 30.6. The van der Waals surface area contributed by atoms with Gasteiger partial charge in [0.05, 0.1) is 6.10 Å². The molecule has 1 atom stereocenters. The van der Waals surface area contributed by atoms with Crippen LogP contribution in [0.5, 0.6) is 0 Å². The molecule has 0 saturated carbocycles. The molecule has 0 saturated heterocycles. The minimum absolute atomic E-state index is 0.110. The highest BCUT2D eigenvalue weighted by Crippen LogP contribution is 2.41. The topological polar surface area (TPSA) is 20.2 Å². The third-order valence-corrected chi connectivity index (χ3v) is 8.14. The molecule has 0 radical (unpaired) electrons. The van der Waals surface area contributed by atoms with E-state index in [1.165, 1.54) is 39.0 Å². The maximum Gasteiger partial charge on any atom is 0.0753 e. The molecular formula is C40H54O. The first-order chi connectivity index (χ1) is 19.2. The van der Waals surface area contributed by atoms with Crippen LogP contribution in [0.4, 0.5) is 0 Å². The van der Waals surface area contributed by atoms with Gasteiger partial charge in [0, 0.05) is 0 Å². The lowest BCUT2D eigenvalue weighted by atomic mass is 9.71. The summed E-state index contributed by atoms with van der Waals surface area (Å²) in [6, 6.07) is 0. The van der Waals surface area contributed by atoms with E-state index in [0.29, 0.717) is 0 Å². The minimum atomic E-state index is -0.310. The largest absolute Gasteiger partial charge is 0.389 e. The van der Waals surface area contributed by atoms with Gasteiger partial charge in [0.25, 0.3) is 0 Å². The molecular weight excluding hydrogens is 496 g/mol. The van der Waals surface area contributed by atoms with Crippen molar-refractivity contribution in [3.63, 3.8) is 0 Å². The maximum atomic E-state index is 10.3. The fourth-order valence-electron chi connectivity index (χ4n) is 5.31. The average molecular weight is 551 g/mol. The van der Waals surface area contributed by atoms with Crippen molar-refractivity contribution in [2.45, 2.75) is 94.6 Å². The monoisotopic (exact) mass is 550 g/mol. The van der Waals surface area contributed by atoms with Crippen LogP contribution in [-0.2, 0) is 0 Å². The van der Waals surface area contributed by atoms with Crippen molar-refractivity contribution in [2.75, 3.05) is 0 Å². The van der Waals surface area contributed by atoms with Gasteiger partial charge in [-0.05, 0) is 93.9 Å². The van der Waals surface area contributed by atoms with Gasteiger partial charge < -0.3 is 5.11 Å². The quantitative estimate of drug-likeness (QED) is 0.268. The minimum Gasteiger partial charge on any atom is -0.389 e. The molecule has 0 amide bonds. The number of hydrogen-bond acceptors (Lipinski definition) is 1. The smallest absolute Gasteiger partial charge is 0.0753 e. The Morgan fingerprint density at radius 1 is 0.683 bits per heavy atom. The van der Waals surface area contributed by atoms with E-state index in [1.807, 2.05) is 0 Å². The van der Waals surface area contributed by atoms with Crippen molar-refractivity contribution < 1.29 is 5.11 Å². The van der Waals surface area contributed by atoms with Gasteiger partial charge in [0.1, 0.15) is 0 Å². The maximum absolute atomic E-state index is 10.3. The summed E-state index contributed by atoms with van der Waals surface area (Å²) in [5, 5.41) is 10.3. The molecule has 220 valence electrons. The Balaban J connectivity index is 1.91. The standard InChI is InChI=1S/C40H54O/c1-30(18-13-20-32(3)23-25-36-34(5)22-15-28-39(36,7)8)16-11-12-17-31(2)19-14-21-33(4)24-26-37-35(6)38(41)27-29-40(37,9)10/h11-26,38,41H,27-29H2,1-10H3. The van der Waals surface area contributed by atoms with Gasteiger partial charge in [0.15, 0.2) is 0 Å². The molecule has 2 aliphatic rings. The van der Waals surface area contributed by atoms with E-state index in [1.54, 1.807) is 0 Å². The number of aliphatic hydroxyl groups excluding tert-OH is 1. The van der Waals surface area contributed by atoms with Crippen molar-refractivity contribution in [3.05, 3.63) is 142 Å². The summed E-state index contributed by atoms with van der Waals surface area (Å²) >= 11 is 0. The van der Waals surface area contributed by atoms with Crippen LogP contribution in [0, 0.1) is 10.8 Å². The molecule has 1 N–H and O–H groups in total. The highest BCUT2D eigenvalue weighted by molar-refractivity contribution is 5.42. The molecule has 2 aliphatic carbocycles. The van der Waals surface area contributed by atoms with E-state index in [2.05, 4.69) is 166 Å². The Kier molecular flexibility index (Phi) is 13.1. The zero-order valence-electron chi connectivity index (χ0n) is 27.4. The SMILES string of the molecule is CC(C=CC=C(C)C=CC1=C(C)C=CCC1(C)C)=CC=CC=C(C)C=CC=C(C)C=CC1=C(C)C(O)CCC1(C)C. The summed E-state index contributed by atoms with van der Waals surface area (Å²) < 4.78 is 0. The van der Waals surface area contributed by atoms with Crippen LogP contribution < -0.4 is 0 Å². The second kappa shape index (κ2) is 15.7. The summed E-state index contributed by atoms with van der Waals surface area (Å²) in [5.41, 5.74) is 10.3. The fourth-order valence-corrected chi connectivity index (χ4v) is 5.31. The van der Waals surface area contributed by atoms with E-state index < -0.39 is 0 Å². The van der Waals surface area contributed by atoms with Crippen LogP contribution in [0.25, 0.3) is 0 Å². The zero-order valence-corrected chi connectivity index (χ0v) is 27.4. The first-order valence-electron chi connectivity index (χ1n) is 15.1. The first kappa shape index (κ1) is 34.0. The summed E-state index contributed by atoms with van der Waals surface area (Å²) in [6.45, 7) is 21.9. The van der Waals surface area contributed by atoms with Crippen LogP contribution in [0.2, 0.25) is 0 Å². The van der Waals surface area contributed by atoms with Crippen LogP contribution in [0.15, 0.2) is 142 Å². The summed E-state index contributed by atoms with van der Waals surface area (Å²) in [6.07, 6.45) is 37.2. The Morgan fingerprint density at radius 3 is 1.66 bits per heavy atom. The second-order valence-corrected chi connectivity index (χ2v) is 13.0. The number of aliphatic hydroxyl groups is 1. The van der Waals surface area contributed by atoms with E-state index in [-0.39, 0.29) is 16.9 Å². The Labute approximate surface area is 251 Å². The highest BCUT2D eigenvalue weighted by Gasteiger charge is 2.30. The molecule has 0 bridgehead atoms. The summed E-state index contributed by atoms with van der Waals surface area (Å²) in [4.78, 5) is 0. The lowest BCUT2D eigenvalue weighted by molar-refractivity contribution is 0.163. The Morgan fingerprint density at radius 2 is 1.15 bits per heavy atom. The van der Waals surface area contributed by atoms with Gasteiger partial charge >= 0.3 is 0 Å². The molecule has 41 heavy (non-hydrogen) atoms. The lowest BCUT2D eigenvalue weighted by Gasteiger charge is -2.35. The fraction of sp³-hybridized carbons (Fsp3) is 0.400. The van der Waals surface area contributed by atoms with Gasteiger partial charge in [-0.1, -0.05) is 147 Å². The third kappa shape index (κ3) is 11.3. The van der Waals surface area contributed by atoms with Crippen molar-refractivity contribution in [2.24, 2.45) is 10.8 Å². The molecule has 0 aromatic heterocycles. The number of hydrogen-bond donors (Lipinski definition) is 1. The Hall–Kier alpha value is -3.16. The average Bonchev–Trinajstić information content (AvgIpc) is 2.88. The normalized spacial score (nSPS) is 23.1. The Bertz CT molecular complexity index is 1300. The predicted octanol–water partition coefficient (Wildman–Crippen LogP) is 11.4. The first-order valence-corrected chi connectivity index (χ1v) is 15.1. The molecule has 0 fully saturated rings. The van der Waals surface area contributed by atoms with Gasteiger partial charge in [0.2, 0.25) is 0 Å². The van der Waals surface area contributed by atoms with Crippen molar-refractivity contribution in [3.8, 4) is 0 Å². The molecule has 0 aromatic carbocycles. The molecule has 1 unspecified atom stereocenters. The summed E-state index contributed by atoms with van der Waals surface area (Å²) in [5.74, 6) is 0. The molecule has 0 aromatic rings. The number of rotatable bonds is 10. The van der Waals surface area contributed by atoms with Gasteiger partial charge in [-0.3, -0.25) is 0 Å². The molecule has 1 nitrogen and oxygen atoms in total. The second-order valence-electron chi connectivity index (χ2n) is 13.0. The highest BCUT2D eigenvalue weighted by atomic mass is 16.3. The molecule has 0 aliphatic heterocycles.